The second-order valence-electron chi connectivity index (χ2n) is 2.52. The lowest BCUT2D eigenvalue weighted by atomic mass is 10.5. The zero-order valence-corrected chi connectivity index (χ0v) is 8.69. The van der Waals surface area contributed by atoms with Crippen molar-refractivity contribution < 1.29 is 4.79 Å². The van der Waals surface area contributed by atoms with Gasteiger partial charge >= 0.3 is 0 Å². The highest BCUT2D eigenvalue weighted by Gasteiger charge is 2.02. The predicted molar refractivity (Wildman–Crippen MR) is 52.3 cm³/mol. The fourth-order valence-corrected chi connectivity index (χ4v) is 0.678. The van der Waals surface area contributed by atoms with Crippen molar-refractivity contribution in [2.45, 2.75) is 20.4 Å². The molecule has 0 aliphatic carbocycles. The van der Waals surface area contributed by atoms with Gasteiger partial charge in [0.1, 0.15) is 6.54 Å². The van der Waals surface area contributed by atoms with Crippen LogP contribution < -0.4 is 0 Å². The van der Waals surface area contributed by atoms with Gasteiger partial charge in [0.2, 0.25) is 5.91 Å². The molecule has 74 valence electrons. The average Bonchev–Trinajstić information content (AvgIpc) is 2.60. The number of amides is 1. The first-order valence-electron chi connectivity index (χ1n) is 4.36. The van der Waals surface area contributed by atoms with Crippen molar-refractivity contribution in [2.75, 3.05) is 14.1 Å². The molecule has 1 heterocycles. The normalized spacial score (nSPS) is 8.62. The third-order valence-corrected chi connectivity index (χ3v) is 1.38. The second-order valence-corrected chi connectivity index (χ2v) is 2.52. The van der Waals surface area contributed by atoms with Gasteiger partial charge in [-0.2, -0.15) is 0 Å². The Labute approximate surface area is 79.2 Å². The third-order valence-electron chi connectivity index (χ3n) is 1.38. The van der Waals surface area contributed by atoms with Crippen molar-refractivity contribution in [1.82, 2.24) is 14.5 Å². The molecular formula is C9H17N3O. The highest BCUT2D eigenvalue weighted by molar-refractivity contribution is 5.75. The summed E-state index contributed by atoms with van der Waals surface area (Å²) in [5, 5.41) is 0. The number of imidazole rings is 1. The lowest BCUT2D eigenvalue weighted by molar-refractivity contribution is -0.129. The van der Waals surface area contributed by atoms with E-state index in [9.17, 15) is 4.79 Å². The Kier molecular flexibility index (Phi) is 5.59. The maximum atomic E-state index is 11.1. The number of carbonyl (C=O) groups excluding carboxylic acids is 1. The molecule has 0 aliphatic rings. The van der Waals surface area contributed by atoms with Crippen LogP contribution in [-0.4, -0.2) is 34.5 Å². The second kappa shape index (κ2) is 6.22. The Bertz CT molecular complexity index is 229. The third kappa shape index (κ3) is 4.30. The quantitative estimate of drug-likeness (QED) is 0.686. The lowest BCUT2D eigenvalue weighted by Crippen LogP contribution is -2.25. The molecular weight excluding hydrogens is 166 g/mol. The van der Waals surface area contributed by atoms with Gasteiger partial charge in [-0.1, -0.05) is 13.8 Å². The van der Waals surface area contributed by atoms with Gasteiger partial charge in [0, 0.05) is 26.5 Å². The molecule has 0 aromatic carbocycles. The highest BCUT2D eigenvalue weighted by atomic mass is 16.2. The molecule has 1 rings (SSSR count). The van der Waals surface area contributed by atoms with Crippen LogP contribution in [0.25, 0.3) is 0 Å². The fourth-order valence-electron chi connectivity index (χ4n) is 0.678. The minimum Gasteiger partial charge on any atom is -0.347 e. The maximum absolute atomic E-state index is 11.1. The van der Waals surface area contributed by atoms with E-state index in [1.807, 2.05) is 13.8 Å². The van der Waals surface area contributed by atoms with Crippen molar-refractivity contribution in [1.29, 1.82) is 0 Å². The van der Waals surface area contributed by atoms with E-state index in [4.69, 9.17) is 0 Å². The molecule has 0 N–H and O–H groups in total. The van der Waals surface area contributed by atoms with Crippen LogP contribution in [-0.2, 0) is 11.3 Å². The van der Waals surface area contributed by atoms with E-state index in [0.717, 1.165) is 0 Å². The van der Waals surface area contributed by atoms with Gasteiger partial charge in [0.25, 0.3) is 0 Å². The Morgan fingerprint density at radius 3 is 2.46 bits per heavy atom. The monoisotopic (exact) mass is 183 g/mol. The summed E-state index contributed by atoms with van der Waals surface area (Å²) in [4.78, 5) is 16.5. The zero-order valence-electron chi connectivity index (χ0n) is 8.69. The van der Waals surface area contributed by atoms with Gasteiger partial charge in [-0.05, 0) is 0 Å². The Morgan fingerprint density at radius 1 is 1.46 bits per heavy atom. The van der Waals surface area contributed by atoms with Crippen LogP contribution in [0, 0.1) is 0 Å². The molecule has 0 spiro atoms. The number of hydrogen-bond donors (Lipinski definition) is 0. The Hall–Kier alpha value is -1.32. The van der Waals surface area contributed by atoms with Crippen LogP contribution in [0.5, 0.6) is 0 Å². The van der Waals surface area contributed by atoms with Gasteiger partial charge in [0.15, 0.2) is 0 Å². The molecule has 13 heavy (non-hydrogen) atoms. The molecule has 1 aromatic rings. The first kappa shape index (κ1) is 11.7. The molecule has 1 aromatic heterocycles. The molecule has 0 fully saturated rings. The van der Waals surface area contributed by atoms with Gasteiger partial charge in [-0.3, -0.25) is 4.79 Å². The predicted octanol–water partition coefficient (Wildman–Crippen LogP) is 0.997. The average molecular weight is 183 g/mol. The summed E-state index contributed by atoms with van der Waals surface area (Å²) in [5.74, 6) is 0.0722. The Morgan fingerprint density at radius 2 is 2.08 bits per heavy atom. The molecule has 0 radical (unpaired) electrons. The summed E-state index contributed by atoms with van der Waals surface area (Å²) >= 11 is 0. The van der Waals surface area contributed by atoms with E-state index in [-0.39, 0.29) is 5.91 Å². The van der Waals surface area contributed by atoms with E-state index in [0.29, 0.717) is 6.54 Å². The largest absolute Gasteiger partial charge is 0.347 e. The van der Waals surface area contributed by atoms with Crippen LogP contribution in [0.1, 0.15) is 13.8 Å². The van der Waals surface area contributed by atoms with Crippen LogP contribution >= 0.6 is 0 Å². The van der Waals surface area contributed by atoms with E-state index in [1.54, 1.807) is 42.3 Å². The lowest BCUT2D eigenvalue weighted by Gasteiger charge is -2.09. The van der Waals surface area contributed by atoms with Crippen molar-refractivity contribution in [2.24, 2.45) is 0 Å². The van der Waals surface area contributed by atoms with Crippen molar-refractivity contribution in [3.05, 3.63) is 18.7 Å². The molecule has 0 atom stereocenters. The van der Waals surface area contributed by atoms with Crippen LogP contribution in [0.4, 0.5) is 0 Å². The van der Waals surface area contributed by atoms with Crippen molar-refractivity contribution in [3.63, 3.8) is 0 Å². The van der Waals surface area contributed by atoms with Crippen LogP contribution in [0.2, 0.25) is 0 Å². The molecule has 1 amide bonds. The summed E-state index contributed by atoms with van der Waals surface area (Å²) in [6.07, 6.45) is 5.05. The highest BCUT2D eigenvalue weighted by Crippen LogP contribution is 1.88. The van der Waals surface area contributed by atoms with Gasteiger partial charge in [-0.15, -0.1) is 0 Å². The smallest absolute Gasteiger partial charge is 0.242 e. The first-order chi connectivity index (χ1) is 6.20. The summed E-state index contributed by atoms with van der Waals surface area (Å²) in [7, 11) is 3.47. The number of carbonyl (C=O) groups is 1. The summed E-state index contributed by atoms with van der Waals surface area (Å²) < 4.78 is 1.74. The summed E-state index contributed by atoms with van der Waals surface area (Å²) in [6, 6.07) is 0. The molecule has 0 bridgehead atoms. The molecule has 0 unspecified atom stereocenters. The molecule has 4 heteroatoms. The van der Waals surface area contributed by atoms with Crippen LogP contribution in [0.3, 0.4) is 0 Å². The molecule has 0 saturated heterocycles. The number of aromatic nitrogens is 2. The summed E-state index contributed by atoms with van der Waals surface area (Å²) in [5.41, 5.74) is 0. The van der Waals surface area contributed by atoms with Crippen molar-refractivity contribution >= 4 is 5.91 Å². The SMILES string of the molecule is CC.CN(C)C(=O)Cn1ccnc1. The van der Waals surface area contributed by atoms with E-state index in [1.165, 1.54) is 0 Å². The minimum absolute atomic E-state index is 0.0722. The van der Waals surface area contributed by atoms with E-state index < -0.39 is 0 Å². The number of likely N-dealkylation sites (N-methyl/N-ethyl adjacent to an activating group) is 1. The number of rotatable bonds is 2. The van der Waals surface area contributed by atoms with Gasteiger partial charge < -0.3 is 9.47 Å². The topological polar surface area (TPSA) is 38.1 Å². The Balaban J connectivity index is 0.000000671. The molecule has 0 saturated carbocycles. The molecule has 0 aliphatic heterocycles. The molecule has 4 nitrogen and oxygen atoms in total. The number of nitrogens with zero attached hydrogens (tertiary/aromatic N) is 3. The van der Waals surface area contributed by atoms with E-state index in [2.05, 4.69) is 4.98 Å². The van der Waals surface area contributed by atoms with Crippen LogP contribution in [0.15, 0.2) is 18.7 Å². The fraction of sp³-hybridized carbons (Fsp3) is 0.556. The first-order valence-corrected chi connectivity index (χ1v) is 4.36. The zero-order chi connectivity index (χ0) is 10.3. The van der Waals surface area contributed by atoms with Crippen molar-refractivity contribution in [3.8, 4) is 0 Å². The maximum Gasteiger partial charge on any atom is 0.242 e. The summed E-state index contributed by atoms with van der Waals surface area (Å²) in [6.45, 7) is 4.37. The van der Waals surface area contributed by atoms with Gasteiger partial charge in [0.05, 0.1) is 6.33 Å². The van der Waals surface area contributed by atoms with E-state index >= 15 is 0 Å². The standard InChI is InChI=1S/C7H11N3O.C2H6/c1-9(2)7(11)5-10-4-3-8-6-10;1-2/h3-4,6H,5H2,1-2H3;1-2H3. The van der Waals surface area contributed by atoms with Gasteiger partial charge in [-0.25, -0.2) is 4.98 Å². The number of hydrogen-bond acceptors (Lipinski definition) is 2. The minimum atomic E-state index is 0.0722.